The van der Waals surface area contributed by atoms with E-state index in [0.717, 1.165) is 18.5 Å². The van der Waals surface area contributed by atoms with Gasteiger partial charge in [0.1, 0.15) is 0 Å². The number of likely N-dealkylation sites (tertiary alicyclic amines) is 1. The van der Waals surface area contributed by atoms with Crippen LogP contribution in [0.25, 0.3) is 0 Å². The second-order valence-corrected chi connectivity index (χ2v) is 5.71. The topological polar surface area (TPSA) is 49.5 Å². The van der Waals surface area contributed by atoms with Crippen LogP contribution in [0.2, 0.25) is 0 Å². The molecule has 21 heavy (non-hydrogen) atoms. The molecular weight excluding hydrogens is 260 g/mol. The molecule has 3 nitrogen and oxygen atoms in total. The quantitative estimate of drug-likeness (QED) is 0.847. The highest BCUT2D eigenvalue weighted by Crippen LogP contribution is 2.33. The highest BCUT2D eigenvalue weighted by atomic mass is 16.3. The normalized spacial score (nSPS) is 20.5. The molecule has 1 aliphatic rings. The van der Waals surface area contributed by atoms with Crippen LogP contribution in [-0.2, 0) is 0 Å². The Bertz CT molecular complexity index is 585. The van der Waals surface area contributed by atoms with Crippen LogP contribution >= 0.6 is 0 Å². The summed E-state index contributed by atoms with van der Waals surface area (Å²) >= 11 is 0. The number of anilines is 1. The fourth-order valence-corrected chi connectivity index (χ4v) is 3.23. The van der Waals surface area contributed by atoms with E-state index in [1.807, 2.05) is 30.3 Å². The Kier molecular flexibility index (Phi) is 4.23. The highest BCUT2D eigenvalue weighted by molar-refractivity contribution is 5.47. The Morgan fingerprint density at radius 2 is 1.81 bits per heavy atom. The van der Waals surface area contributed by atoms with Gasteiger partial charge in [-0.25, -0.2) is 0 Å². The summed E-state index contributed by atoms with van der Waals surface area (Å²) in [6, 6.07) is 18.5. The standard InChI is InChI=1S/C18H22N2O/c19-16-10-5-4-9-15(16)18(21)13-20-12-6-11-17(20)14-7-2-1-3-8-14/h1-5,7-10,17-18,21H,6,11-13,19H2. The second kappa shape index (κ2) is 6.29. The van der Waals surface area contributed by atoms with Crippen molar-refractivity contribution in [1.29, 1.82) is 0 Å². The minimum absolute atomic E-state index is 0.408. The highest BCUT2D eigenvalue weighted by Gasteiger charge is 2.28. The summed E-state index contributed by atoms with van der Waals surface area (Å²) < 4.78 is 0. The minimum Gasteiger partial charge on any atom is -0.398 e. The average Bonchev–Trinajstić information content (AvgIpc) is 2.96. The maximum Gasteiger partial charge on any atom is 0.0936 e. The zero-order chi connectivity index (χ0) is 14.7. The van der Waals surface area contributed by atoms with Gasteiger partial charge in [-0.15, -0.1) is 0 Å². The molecule has 1 saturated heterocycles. The largest absolute Gasteiger partial charge is 0.398 e. The number of benzene rings is 2. The minimum atomic E-state index is -0.532. The predicted octanol–water partition coefficient (Wildman–Crippen LogP) is 3.14. The first-order valence-electron chi connectivity index (χ1n) is 7.57. The molecule has 0 bridgehead atoms. The Hall–Kier alpha value is -1.84. The van der Waals surface area contributed by atoms with Crippen LogP contribution in [0.15, 0.2) is 54.6 Å². The van der Waals surface area contributed by atoms with Gasteiger partial charge in [-0.1, -0.05) is 48.5 Å². The second-order valence-electron chi connectivity index (χ2n) is 5.71. The smallest absolute Gasteiger partial charge is 0.0936 e. The van der Waals surface area contributed by atoms with Crippen LogP contribution in [0, 0.1) is 0 Å². The van der Waals surface area contributed by atoms with E-state index in [0.29, 0.717) is 18.3 Å². The SMILES string of the molecule is Nc1ccccc1C(O)CN1CCCC1c1ccccc1. The van der Waals surface area contributed by atoms with Crippen molar-refractivity contribution in [3.8, 4) is 0 Å². The molecule has 0 radical (unpaired) electrons. The maximum atomic E-state index is 10.5. The number of hydrogen-bond acceptors (Lipinski definition) is 3. The van der Waals surface area contributed by atoms with Crippen LogP contribution < -0.4 is 5.73 Å². The predicted molar refractivity (Wildman–Crippen MR) is 85.8 cm³/mol. The Balaban J connectivity index is 1.73. The fourth-order valence-electron chi connectivity index (χ4n) is 3.23. The summed E-state index contributed by atoms with van der Waals surface area (Å²) in [5.74, 6) is 0. The van der Waals surface area contributed by atoms with Gasteiger partial charge >= 0.3 is 0 Å². The van der Waals surface area contributed by atoms with E-state index in [2.05, 4.69) is 29.2 Å². The van der Waals surface area contributed by atoms with Crippen LogP contribution in [0.3, 0.4) is 0 Å². The van der Waals surface area contributed by atoms with Crippen molar-refractivity contribution in [2.24, 2.45) is 0 Å². The fraction of sp³-hybridized carbons (Fsp3) is 0.333. The lowest BCUT2D eigenvalue weighted by Crippen LogP contribution is -2.28. The van der Waals surface area contributed by atoms with Crippen LogP contribution in [0.1, 0.15) is 36.1 Å². The molecule has 0 saturated carbocycles. The summed E-state index contributed by atoms with van der Waals surface area (Å²) in [6.07, 6.45) is 1.80. The van der Waals surface area contributed by atoms with Crippen molar-refractivity contribution in [2.45, 2.75) is 25.0 Å². The van der Waals surface area contributed by atoms with Crippen molar-refractivity contribution in [2.75, 3.05) is 18.8 Å². The summed E-state index contributed by atoms with van der Waals surface area (Å²) in [4.78, 5) is 2.37. The van der Waals surface area contributed by atoms with E-state index < -0.39 is 6.10 Å². The Morgan fingerprint density at radius 1 is 1.10 bits per heavy atom. The van der Waals surface area contributed by atoms with Gasteiger partial charge in [-0.2, -0.15) is 0 Å². The molecule has 110 valence electrons. The zero-order valence-corrected chi connectivity index (χ0v) is 12.2. The summed E-state index contributed by atoms with van der Waals surface area (Å²) in [5.41, 5.74) is 8.80. The van der Waals surface area contributed by atoms with Crippen molar-refractivity contribution in [3.05, 3.63) is 65.7 Å². The molecule has 2 aromatic rings. The van der Waals surface area contributed by atoms with Crippen LogP contribution in [0.5, 0.6) is 0 Å². The molecule has 3 N–H and O–H groups in total. The van der Waals surface area contributed by atoms with Crippen molar-refractivity contribution in [1.82, 2.24) is 4.90 Å². The first-order valence-corrected chi connectivity index (χ1v) is 7.57. The van der Waals surface area contributed by atoms with Gasteiger partial charge < -0.3 is 10.8 Å². The lowest BCUT2D eigenvalue weighted by atomic mass is 10.0. The molecule has 0 amide bonds. The molecule has 3 rings (SSSR count). The van der Waals surface area contributed by atoms with Crippen molar-refractivity contribution >= 4 is 5.69 Å². The number of nitrogens with zero attached hydrogens (tertiary/aromatic N) is 1. The molecule has 1 aliphatic heterocycles. The van der Waals surface area contributed by atoms with Gasteiger partial charge in [0, 0.05) is 23.8 Å². The van der Waals surface area contributed by atoms with Crippen LogP contribution in [0.4, 0.5) is 5.69 Å². The number of rotatable bonds is 4. The van der Waals surface area contributed by atoms with E-state index in [9.17, 15) is 5.11 Å². The third-order valence-electron chi connectivity index (χ3n) is 4.31. The van der Waals surface area contributed by atoms with Crippen molar-refractivity contribution < 1.29 is 5.11 Å². The summed E-state index contributed by atoms with van der Waals surface area (Å²) in [5, 5.41) is 10.5. The van der Waals surface area contributed by atoms with E-state index in [-0.39, 0.29) is 0 Å². The first-order chi connectivity index (χ1) is 10.3. The molecule has 0 aromatic heterocycles. The van der Waals surface area contributed by atoms with Gasteiger partial charge in [0.15, 0.2) is 0 Å². The third kappa shape index (κ3) is 3.09. The van der Waals surface area contributed by atoms with E-state index in [1.54, 1.807) is 0 Å². The molecule has 0 aliphatic carbocycles. The number of para-hydroxylation sites is 1. The number of aliphatic hydroxyl groups is 1. The van der Waals surface area contributed by atoms with Gasteiger partial charge in [-0.3, -0.25) is 4.90 Å². The van der Waals surface area contributed by atoms with E-state index in [1.165, 1.54) is 12.0 Å². The van der Waals surface area contributed by atoms with E-state index in [4.69, 9.17) is 5.73 Å². The molecule has 1 fully saturated rings. The Morgan fingerprint density at radius 3 is 2.57 bits per heavy atom. The van der Waals surface area contributed by atoms with E-state index >= 15 is 0 Å². The monoisotopic (exact) mass is 282 g/mol. The zero-order valence-electron chi connectivity index (χ0n) is 12.2. The lowest BCUT2D eigenvalue weighted by Gasteiger charge is -2.27. The van der Waals surface area contributed by atoms with Gasteiger partial charge in [0.2, 0.25) is 0 Å². The average molecular weight is 282 g/mol. The van der Waals surface area contributed by atoms with Crippen LogP contribution in [-0.4, -0.2) is 23.1 Å². The summed E-state index contributed by atoms with van der Waals surface area (Å²) in [6.45, 7) is 1.66. The van der Waals surface area contributed by atoms with Gasteiger partial charge in [0.05, 0.1) is 6.10 Å². The van der Waals surface area contributed by atoms with Gasteiger partial charge in [0.25, 0.3) is 0 Å². The molecular formula is C18H22N2O. The third-order valence-corrected chi connectivity index (χ3v) is 4.31. The summed E-state index contributed by atoms with van der Waals surface area (Å²) in [7, 11) is 0. The maximum absolute atomic E-state index is 10.5. The molecule has 2 atom stereocenters. The number of nitrogen functional groups attached to an aromatic ring is 1. The molecule has 2 aromatic carbocycles. The van der Waals surface area contributed by atoms with Crippen molar-refractivity contribution in [3.63, 3.8) is 0 Å². The number of aliphatic hydroxyl groups excluding tert-OH is 1. The number of nitrogens with two attached hydrogens (primary N) is 1. The molecule has 3 heteroatoms. The Labute approximate surface area is 126 Å². The number of β-amino-alcohol motifs (C(OH)–C–C–N with tert-alkyl or cyclic N) is 1. The lowest BCUT2D eigenvalue weighted by molar-refractivity contribution is 0.107. The number of hydrogen-bond donors (Lipinski definition) is 2. The van der Waals surface area contributed by atoms with Gasteiger partial charge in [-0.05, 0) is 31.0 Å². The first kappa shape index (κ1) is 14.1. The molecule has 0 spiro atoms. The molecule has 1 heterocycles. The molecule has 2 unspecified atom stereocenters.